The number of hydrogen-bond donors (Lipinski definition) is 10. The van der Waals surface area contributed by atoms with Gasteiger partial charge in [-0.25, -0.2) is 14.4 Å². The van der Waals surface area contributed by atoms with Gasteiger partial charge in [-0.2, -0.15) is 0 Å². The minimum Gasteiger partial charge on any atom is -0.508 e. The van der Waals surface area contributed by atoms with Gasteiger partial charge in [0.15, 0.2) is 17.5 Å². The van der Waals surface area contributed by atoms with Gasteiger partial charge in [0.05, 0.1) is 42.4 Å². The molecule has 0 radical (unpaired) electrons. The lowest BCUT2D eigenvalue weighted by Crippen LogP contribution is -2.82. The summed E-state index contributed by atoms with van der Waals surface area (Å²) in [5.74, 6) is -14.1. The van der Waals surface area contributed by atoms with Crippen molar-refractivity contribution >= 4 is 87.8 Å². The summed E-state index contributed by atoms with van der Waals surface area (Å²) in [5, 5.41) is 65.6. The van der Waals surface area contributed by atoms with Crippen LogP contribution in [-0.4, -0.2) is 183 Å². The van der Waals surface area contributed by atoms with Crippen molar-refractivity contribution in [1.29, 1.82) is 0 Å². The molecule has 0 aromatic heterocycles. The fourth-order valence-corrected chi connectivity index (χ4v) is 17.5. The summed E-state index contributed by atoms with van der Waals surface area (Å²) in [4.78, 5) is 188. The van der Waals surface area contributed by atoms with E-state index in [-0.39, 0.29) is 91.5 Å². The molecule has 0 unspecified atom stereocenters. The fourth-order valence-electron chi connectivity index (χ4n) is 17.5. The molecule has 2 saturated carbocycles. The van der Waals surface area contributed by atoms with E-state index in [4.69, 9.17) is 28.4 Å². The number of nitrogens with one attached hydrogen (secondary N) is 6. The quantitative estimate of drug-likeness (QED) is 0.00773. The lowest BCUT2D eigenvalue weighted by Gasteiger charge is -2.67. The molecule has 125 heavy (non-hydrogen) atoms. The molecule has 6 amide bonds. The lowest BCUT2D eigenvalue weighted by atomic mass is 9.44. The molecule has 8 aromatic rings. The summed E-state index contributed by atoms with van der Waals surface area (Å²) in [6.45, 7) is 7.40. The molecule has 12 rings (SSSR count). The third kappa shape index (κ3) is 21.2. The zero-order chi connectivity index (χ0) is 89.5. The number of aromatic hydroxyl groups is 1. The van der Waals surface area contributed by atoms with E-state index in [0.29, 0.717) is 22.3 Å². The highest BCUT2D eigenvalue weighted by Gasteiger charge is 2.78. The van der Waals surface area contributed by atoms with E-state index in [1.54, 1.807) is 115 Å². The SMILES string of the molecule is CC(=O)O[C@H]1C(=O)[C@@]2(C)[C@H]([C@H](OC(=O)c3ccccc3)[C@]3(O)C[C@H](OC(=O)[C@H](OC(=O)CCC(=O)NCCCC[C@H](NC(=O)[C@H](Cc4ccccc4)NC(=O)[C@H](Cc4ccccc4)NC(=O)Cc4ccc5ccccc5c4)C(=O)N[C@@H](Cc4ccc(O)cc4)C(=O)O)[C@@H](NC(=O)c4ccccc4)c4ccccc4)C(C)=C1C3(C)C)[C@]1(OC(C)=O)CO[C@@H]1C[C@@H]2O. The number of rotatable bonds is 35. The number of ketones is 1. The molecule has 1 aliphatic heterocycles. The van der Waals surface area contributed by atoms with Crippen LogP contribution in [0.4, 0.5) is 0 Å². The zero-order valence-electron chi connectivity index (χ0n) is 70.0. The highest BCUT2D eigenvalue weighted by atomic mass is 16.6. The van der Waals surface area contributed by atoms with E-state index in [0.717, 1.165) is 24.6 Å². The molecule has 4 aliphatic rings. The van der Waals surface area contributed by atoms with Crippen molar-refractivity contribution in [3.05, 3.63) is 268 Å². The first kappa shape index (κ1) is 91.0. The van der Waals surface area contributed by atoms with Crippen LogP contribution >= 0.6 is 0 Å². The van der Waals surface area contributed by atoms with Crippen molar-refractivity contribution in [3.8, 4) is 5.75 Å². The Balaban J connectivity index is 0.787. The van der Waals surface area contributed by atoms with Crippen LogP contribution in [0.25, 0.3) is 10.8 Å². The molecular formula is C96H102N6O23. The smallest absolute Gasteiger partial charge is 0.350 e. The summed E-state index contributed by atoms with van der Waals surface area (Å²) in [5.41, 5.74) is -6.03. The number of hydrogen-bond acceptors (Lipinski definition) is 22. The molecule has 0 spiro atoms. The molecule has 654 valence electrons. The van der Waals surface area contributed by atoms with Gasteiger partial charge in [-0.3, -0.25) is 47.9 Å². The van der Waals surface area contributed by atoms with Gasteiger partial charge in [0.25, 0.3) is 5.91 Å². The Bertz CT molecular complexity index is 5330. The van der Waals surface area contributed by atoms with Gasteiger partial charge >= 0.3 is 35.8 Å². The van der Waals surface area contributed by atoms with Crippen molar-refractivity contribution in [3.63, 3.8) is 0 Å². The molecule has 2 bridgehead atoms. The van der Waals surface area contributed by atoms with Gasteiger partial charge in [0, 0.05) is 69.9 Å². The number of Topliss-reactive ketones (excluding diaryl/α,β-unsaturated/α-hetero) is 1. The Morgan fingerprint density at radius 3 is 1.69 bits per heavy atom. The maximum atomic E-state index is 16.1. The van der Waals surface area contributed by atoms with Crippen molar-refractivity contribution < 1.29 is 111 Å². The third-order valence-corrected chi connectivity index (χ3v) is 24.2. The molecular weight excluding hydrogens is 1610 g/mol. The van der Waals surface area contributed by atoms with Gasteiger partial charge in [-0.15, -0.1) is 0 Å². The highest BCUT2D eigenvalue weighted by Crippen LogP contribution is 2.65. The average Bonchev–Trinajstić information content (AvgIpc) is 0.667. The molecule has 29 heteroatoms. The number of aliphatic carboxylic acids is 1. The lowest BCUT2D eigenvalue weighted by molar-refractivity contribution is -0.346. The topological polar surface area (TPSA) is 430 Å². The van der Waals surface area contributed by atoms with E-state index in [9.17, 15) is 68.4 Å². The maximum Gasteiger partial charge on any atom is 0.350 e. The summed E-state index contributed by atoms with van der Waals surface area (Å²) in [7, 11) is 0. The Morgan fingerprint density at radius 2 is 1.10 bits per heavy atom. The average molecular weight is 1710 g/mol. The molecule has 15 atom stereocenters. The Hall–Kier alpha value is -13.3. The predicted octanol–water partition coefficient (Wildman–Crippen LogP) is 8.21. The molecule has 3 fully saturated rings. The van der Waals surface area contributed by atoms with Crippen molar-refractivity contribution in [2.24, 2.45) is 16.7 Å². The Morgan fingerprint density at radius 1 is 0.560 bits per heavy atom. The maximum absolute atomic E-state index is 16.1. The number of carboxylic acids is 1. The summed E-state index contributed by atoms with van der Waals surface area (Å²) >= 11 is 0. The van der Waals surface area contributed by atoms with Crippen molar-refractivity contribution in [1.82, 2.24) is 31.9 Å². The van der Waals surface area contributed by atoms with E-state index >= 15 is 14.4 Å². The number of benzene rings is 8. The minimum atomic E-state index is -2.61. The largest absolute Gasteiger partial charge is 0.508 e. The van der Waals surface area contributed by atoms with Gasteiger partial charge in [-0.05, 0) is 119 Å². The number of carbonyl (C=O) groups excluding carboxylic acids is 12. The summed E-state index contributed by atoms with van der Waals surface area (Å²) < 4.78 is 37.3. The summed E-state index contributed by atoms with van der Waals surface area (Å²) in [6.07, 6.45) is -13.6. The van der Waals surface area contributed by atoms with E-state index in [2.05, 4.69) is 31.9 Å². The monoisotopic (exact) mass is 1710 g/mol. The second kappa shape index (κ2) is 39.9. The van der Waals surface area contributed by atoms with Crippen LogP contribution in [0.2, 0.25) is 0 Å². The number of carboxylic acid groups (broad SMARTS) is 1. The van der Waals surface area contributed by atoms with Gasteiger partial charge < -0.3 is 80.7 Å². The van der Waals surface area contributed by atoms with Crippen molar-refractivity contribution in [2.75, 3.05) is 13.2 Å². The number of aliphatic hydroxyl groups is 2. The molecule has 29 nitrogen and oxygen atoms in total. The summed E-state index contributed by atoms with van der Waals surface area (Å²) in [6, 6.07) is 52.5. The first-order chi connectivity index (χ1) is 59.8. The van der Waals surface area contributed by atoms with E-state index in [1.165, 1.54) is 88.4 Å². The second-order valence-corrected chi connectivity index (χ2v) is 32.9. The highest BCUT2D eigenvalue weighted by molar-refractivity contribution is 5.98. The van der Waals surface area contributed by atoms with E-state index < -0.39 is 198 Å². The standard InChI is InChI=1S/C96H102N6O23/c1-56-73(54-96(119)85(124-91(117)66-35-20-11-21-36-66)83-94(6,74(106)53-75-95(83,55-120-75)125-58(3)104)84(110)81(121-57(2)103)79(56)93(96,4)5)122-92(118)82(80(64-31-16-9-17-32-64)102-86(111)65-33-18-10-19-34-65)123-78(109)46-45-76(107)97-47-25-24-38-69(87(112)101-72(90(115)116)51-61-40-43-68(105)44-41-61)99-89(114)71(50-60-28-14-8-15-29-60)100-88(113)70(49-59-26-12-7-13-27-59)98-77(108)52-62-39-42-63-30-22-23-37-67(63)48-62/h7-23,26-37,39-44,48,69-75,80-83,85,105-106,119H,24-25,38,45-47,49-55H2,1-6H3,(H,97,107)(H,98,108)(H,99,114)(H,100,113)(H,101,112)(H,102,111)(H,115,116)/t69-,70-,71-,72-,73-,74-,75+,80-,81+,82+,83-,85-,94+,95-,96+/m0/s1. The minimum absolute atomic E-state index is 0.0143. The number of esters is 5. The molecule has 3 aliphatic carbocycles. The normalized spacial score (nSPS) is 22.4. The zero-order valence-corrected chi connectivity index (χ0v) is 70.0. The first-order valence-corrected chi connectivity index (χ1v) is 41.5. The number of carbonyl (C=O) groups is 13. The Kier molecular flexibility index (Phi) is 29.1. The van der Waals surface area contributed by atoms with Crippen LogP contribution < -0.4 is 31.9 Å². The molecule has 1 saturated heterocycles. The van der Waals surface area contributed by atoms with Gasteiger partial charge in [0.2, 0.25) is 35.6 Å². The first-order valence-electron chi connectivity index (χ1n) is 41.5. The van der Waals surface area contributed by atoms with E-state index in [1.807, 2.05) is 42.5 Å². The molecule has 1 heterocycles. The molecule has 10 N–H and O–H groups in total. The second-order valence-electron chi connectivity index (χ2n) is 32.9. The number of amides is 6. The van der Waals surface area contributed by atoms with Crippen LogP contribution in [0.5, 0.6) is 5.75 Å². The van der Waals surface area contributed by atoms with Gasteiger partial charge in [-0.1, -0.05) is 196 Å². The third-order valence-electron chi connectivity index (χ3n) is 24.2. The van der Waals surface area contributed by atoms with Crippen LogP contribution in [0, 0.1) is 16.7 Å². The van der Waals surface area contributed by atoms with Gasteiger partial charge in [0.1, 0.15) is 59.9 Å². The van der Waals surface area contributed by atoms with Crippen LogP contribution in [-0.2, 0) is 107 Å². The van der Waals surface area contributed by atoms with Crippen LogP contribution in [0.15, 0.2) is 230 Å². The Labute approximate surface area is 721 Å². The van der Waals surface area contributed by atoms with Crippen LogP contribution in [0.3, 0.4) is 0 Å². The number of aliphatic hydroxyl groups excluding tert-OH is 1. The number of phenolic OH excluding ortho intramolecular Hbond substituents is 1. The molecule has 8 aromatic carbocycles. The number of fused-ring (bicyclic) bond motifs is 6. The van der Waals surface area contributed by atoms with Crippen molar-refractivity contribution in [2.45, 2.75) is 190 Å². The fraction of sp³-hybridized carbons (Fsp3) is 0.365. The number of unbranched alkanes of at least 4 members (excludes halogenated alkanes) is 1. The van der Waals surface area contributed by atoms with Crippen LogP contribution in [0.1, 0.15) is 141 Å². The number of phenols is 1. The predicted molar refractivity (Wildman–Crippen MR) is 453 cm³/mol. The number of ether oxygens (including phenoxy) is 6.